The standard InChI is InChI=1S/C21H23N9O/c1-3-30-28-14(2)18(29-30)12-24-21(31)16-5-4-6-17(11-16)23-13-19-25-20(27-26-19)15-7-9-22-10-8-15/h4-11,23H,3,12-13H2,1-2H3,(H,24,31)(H,25,26,27). The third-order valence-electron chi connectivity index (χ3n) is 4.67. The minimum Gasteiger partial charge on any atom is -0.378 e. The quantitative estimate of drug-likeness (QED) is 0.402. The van der Waals surface area contributed by atoms with Gasteiger partial charge in [0.05, 0.1) is 25.3 Å². The zero-order valence-corrected chi connectivity index (χ0v) is 17.3. The molecule has 158 valence electrons. The van der Waals surface area contributed by atoms with Gasteiger partial charge in [0, 0.05) is 29.2 Å². The van der Waals surface area contributed by atoms with Crippen molar-refractivity contribution in [2.75, 3.05) is 5.32 Å². The lowest BCUT2D eigenvalue weighted by molar-refractivity contribution is 0.0950. The molecular weight excluding hydrogens is 394 g/mol. The van der Waals surface area contributed by atoms with E-state index in [1.54, 1.807) is 29.3 Å². The molecule has 0 saturated heterocycles. The number of benzene rings is 1. The van der Waals surface area contributed by atoms with Crippen molar-refractivity contribution in [2.24, 2.45) is 0 Å². The molecule has 3 heterocycles. The molecule has 0 radical (unpaired) electrons. The molecule has 0 aliphatic heterocycles. The zero-order chi connectivity index (χ0) is 21.6. The molecule has 3 N–H and O–H groups in total. The van der Waals surface area contributed by atoms with Crippen LogP contribution in [0.25, 0.3) is 11.4 Å². The first-order chi connectivity index (χ1) is 15.1. The summed E-state index contributed by atoms with van der Waals surface area (Å²) in [5.41, 5.74) is 3.84. The van der Waals surface area contributed by atoms with Crippen molar-refractivity contribution < 1.29 is 4.79 Å². The van der Waals surface area contributed by atoms with Gasteiger partial charge >= 0.3 is 0 Å². The van der Waals surface area contributed by atoms with Gasteiger partial charge in [-0.15, -0.1) is 0 Å². The summed E-state index contributed by atoms with van der Waals surface area (Å²) in [6.45, 7) is 5.33. The highest BCUT2D eigenvalue weighted by molar-refractivity contribution is 5.95. The van der Waals surface area contributed by atoms with E-state index < -0.39 is 0 Å². The van der Waals surface area contributed by atoms with Gasteiger partial charge < -0.3 is 10.6 Å². The third-order valence-corrected chi connectivity index (χ3v) is 4.67. The summed E-state index contributed by atoms with van der Waals surface area (Å²) < 4.78 is 0. The number of rotatable bonds is 8. The molecule has 0 aliphatic carbocycles. The van der Waals surface area contributed by atoms with Gasteiger partial charge in [0.25, 0.3) is 5.91 Å². The number of carbonyl (C=O) groups is 1. The summed E-state index contributed by atoms with van der Waals surface area (Å²) in [6.07, 6.45) is 3.40. The van der Waals surface area contributed by atoms with Gasteiger partial charge in [-0.1, -0.05) is 6.07 Å². The molecule has 0 aliphatic rings. The summed E-state index contributed by atoms with van der Waals surface area (Å²) in [5.74, 6) is 1.13. The average molecular weight is 417 g/mol. The maximum Gasteiger partial charge on any atom is 0.251 e. The average Bonchev–Trinajstić information content (AvgIpc) is 3.43. The maximum absolute atomic E-state index is 12.6. The Bertz CT molecular complexity index is 1170. The fraction of sp³-hybridized carbons (Fsp3) is 0.238. The molecule has 31 heavy (non-hydrogen) atoms. The Morgan fingerprint density at radius 1 is 1.13 bits per heavy atom. The van der Waals surface area contributed by atoms with Gasteiger partial charge in [-0.05, 0) is 44.2 Å². The molecule has 1 aromatic carbocycles. The Hall–Kier alpha value is -4.08. The van der Waals surface area contributed by atoms with Crippen molar-refractivity contribution in [3.63, 3.8) is 0 Å². The van der Waals surface area contributed by atoms with Crippen LogP contribution in [-0.4, -0.2) is 41.1 Å². The van der Waals surface area contributed by atoms with Crippen LogP contribution < -0.4 is 10.6 Å². The van der Waals surface area contributed by atoms with Gasteiger partial charge in [0.2, 0.25) is 0 Å². The minimum absolute atomic E-state index is 0.172. The minimum atomic E-state index is -0.172. The summed E-state index contributed by atoms with van der Waals surface area (Å²) in [4.78, 5) is 22.7. The number of aromatic nitrogens is 7. The molecule has 1 amide bonds. The fourth-order valence-electron chi connectivity index (χ4n) is 3.00. The Balaban J connectivity index is 1.35. The van der Waals surface area contributed by atoms with Crippen molar-refractivity contribution in [3.05, 3.63) is 71.6 Å². The van der Waals surface area contributed by atoms with Gasteiger partial charge in [-0.2, -0.15) is 20.1 Å². The number of pyridine rings is 1. The number of aromatic amines is 1. The lowest BCUT2D eigenvalue weighted by Gasteiger charge is -2.08. The number of hydrogen-bond acceptors (Lipinski definition) is 7. The molecule has 0 bridgehead atoms. The molecule has 10 heteroatoms. The number of aryl methyl sites for hydroxylation is 2. The zero-order valence-electron chi connectivity index (χ0n) is 17.3. The van der Waals surface area contributed by atoms with Gasteiger partial charge in [-0.3, -0.25) is 14.9 Å². The molecule has 0 fully saturated rings. The normalized spacial score (nSPS) is 10.8. The van der Waals surface area contributed by atoms with Crippen molar-refractivity contribution in [2.45, 2.75) is 33.5 Å². The number of carbonyl (C=O) groups excluding carboxylic acids is 1. The van der Waals surface area contributed by atoms with E-state index in [2.05, 4.69) is 41.0 Å². The number of H-pyrrole nitrogens is 1. The van der Waals surface area contributed by atoms with E-state index in [0.717, 1.165) is 22.6 Å². The van der Waals surface area contributed by atoms with Crippen molar-refractivity contribution in [1.29, 1.82) is 0 Å². The molecule has 0 saturated carbocycles. The van der Waals surface area contributed by atoms with E-state index in [1.165, 1.54) is 0 Å². The summed E-state index contributed by atoms with van der Waals surface area (Å²) >= 11 is 0. The second kappa shape index (κ2) is 9.16. The van der Waals surface area contributed by atoms with Gasteiger partial charge in [0.1, 0.15) is 11.5 Å². The first-order valence-corrected chi connectivity index (χ1v) is 9.97. The Morgan fingerprint density at radius 3 is 2.74 bits per heavy atom. The SMILES string of the molecule is CCn1nc(C)c(CNC(=O)c2cccc(NCc3nc(-c4ccncc4)n[nH]3)c2)n1. The number of hydrogen-bond donors (Lipinski definition) is 3. The first-order valence-electron chi connectivity index (χ1n) is 9.97. The molecule has 10 nitrogen and oxygen atoms in total. The van der Waals surface area contributed by atoms with E-state index in [0.29, 0.717) is 36.8 Å². The van der Waals surface area contributed by atoms with Crippen LogP contribution in [0.15, 0.2) is 48.8 Å². The third kappa shape index (κ3) is 4.92. The van der Waals surface area contributed by atoms with Crippen LogP contribution in [0.1, 0.15) is 34.5 Å². The molecule has 0 unspecified atom stereocenters. The Morgan fingerprint density at radius 2 is 1.97 bits per heavy atom. The second-order valence-corrected chi connectivity index (χ2v) is 6.88. The van der Waals surface area contributed by atoms with Crippen LogP contribution in [0, 0.1) is 6.92 Å². The van der Waals surface area contributed by atoms with Crippen molar-refractivity contribution in [3.8, 4) is 11.4 Å². The lowest BCUT2D eigenvalue weighted by atomic mass is 10.2. The van der Waals surface area contributed by atoms with E-state index in [-0.39, 0.29) is 5.91 Å². The van der Waals surface area contributed by atoms with Crippen LogP contribution >= 0.6 is 0 Å². The summed E-state index contributed by atoms with van der Waals surface area (Å²) in [6, 6.07) is 11.0. The number of amides is 1. The highest BCUT2D eigenvalue weighted by Gasteiger charge is 2.11. The van der Waals surface area contributed by atoms with Crippen LogP contribution in [0.4, 0.5) is 5.69 Å². The van der Waals surface area contributed by atoms with Crippen LogP contribution in [0.2, 0.25) is 0 Å². The van der Waals surface area contributed by atoms with Crippen molar-refractivity contribution in [1.82, 2.24) is 40.5 Å². The van der Waals surface area contributed by atoms with Gasteiger partial charge in [-0.25, -0.2) is 4.98 Å². The Kier molecular flexibility index (Phi) is 5.97. The summed E-state index contributed by atoms with van der Waals surface area (Å²) in [5, 5.41) is 22.0. The fourth-order valence-corrected chi connectivity index (χ4v) is 3.00. The largest absolute Gasteiger partial charge is 0.378 e. The number of nitrogens with zero attached hydrogens (tertiary/aromatic N) is 6. The Labute approximate surface area is 179 Å². The smallest absolute Gasteiger partial charge is 0.251 e. The lowest BCUT2D eigenvalue weighted by Crippen LogP contribution is -2.23. The monoisotopic (exact) mass is 417 g/mol. The highest BCUT2D eigenvalue weighted by atomic mass is 16.1. The van der Waals surface area contributed by atoms with E-state index in [1.807, 2.05) is 38.1 Å². The van der Waals surface area contributed by atoms with Crippen LogP contribution in [0.5, 0.6) is 0 Å². The predicted molar refractivity (Wildman–Crippen MR) is 115 cm³/mol. The number of anilines is 1. The number of nitrogens with one attached hydrogen (secondary N) is 3. The molecule has 0 spiro atoms. The summed E-state index contributed by atoms with van der Waals surface area (Å²) in [7, 11) is 0. The van der Waals surface area contributed by atoms with Crippen LogP contribution in [-0.2, 0) is 19.6 Å². The molecule has 4 aromatic rings. The molecule has 3 aromatic heterocycles. The van der Waals surface area contributed by atoms with E-state index in [9.17, 15) is 4.79 Å². The van der Waals surface area contributed by atoms with Gasteiger partial charge in [0.15, 0.2) is 5.82 Å². The van der Waals surface area contributed by atoms with E-state index >= 15 is 0 Å². The second-order valence-electron chi connectivity index (χ2n) is 6.88. The maximum atomic E-state index is 12.6. The van der Waals surface area contributed by atoms with Crippen LogP contribution in [0.3, 0.4) is 0 Å². The van der Waals surface area contributed by atoms with E-state index in [4.69, 9.17) is 0 Å². The van der Waals surface area contributed by atoms with Crippen molar-refractivity contribution >= 4 is 11.6 Å². The topological polar surface area (TPSA) is 126 Å². The first kappa shape index (κ1) is 20.2. The predicted octanol–water partition coefficient (Wildman–Crippen LogP) is 2.33. The molecule has 4 rings (SSSR count). The highest BCUT2D eigenvalue weighted by Crippen LogP contribution is 2.15. The molecule has 0 atom stereocenters. The molecular formula is C21H23N9O.